The Labute approximate surface area is 86.6 Å². The second kappa shape index (κ2) is 3.08. The summed E-state index contributed by atoms with van der Waals surface area (Å²) in [5.74, 6) is 0. The summed E-state index contributed by atoms with van der Waals surface area (Å²) < 4.78 is 0. The number of rotatable bonds is 2. The smallest absolute Gasteiger partial charge is 0.0300 e. The Morgan fingerprint density at radius 1 is 1.36 bits per heavy atom. The van der Waals surface area contributed by atoms with E-state index >= 15 is 0 Å². The highest BCUT2D eigenvalue weighted by atomic mass is 14.6. The van der Waals surface area contributed by atoms with E-state index in [4.69, 9.17) is 0 Å². The predicted molar refractivity (Wildman–Crippen MR) is 59.1 cm³/mol. The van der Waals surface area contributed by atoms with Crippen LogP contribution in [0.25, 0.3) is 0 Å². The Hall–Kier alpha value is -0.850. The minimum Gasteiger partial charge on any atom is -0.264 e. The summed E-state index contributed by atoms with van der Waals surface area (Å²) in [5.41, 5.74) is 2.37. The molecule has 0 aliphatic heterocycles. The molecule has 1 heteroatoms. The van der Waals surface area contributed by atoms with Gasteiger partial charge in [0.1, 0.15) is 0 Å². The first-order valence-electron chi connectivity index (χ1n) is 5.42. The molecule has 1 heterocycles. The van der Waals surface area contributed by atoms with Crippen LogP contribution >= 0.6 is 0 Å². The molecule has 1 aromatic heterocycles. The van der Waals surface area contributed by atoms with Gasteiger partial charge in [0.05, 0.1) is 0 Å². The molecule has 0 unspecified atom stereocenters. The van der Waals surface area contributed by atoms with E-state index in [2.05, 4.69) is 31.8 Å². The minimum absolute atomic E-state index is 0.433. The summed E-state index contributed by atoms with van der Waals surface area (Å²) in [5, 5.41) is 0. The molecule has 0 saturated heterocycles. The highest BCUT2D eigenvalue weighted by Crippen LogP contribution is 2.60. The second-order valence-electron chi connectivity index (χ2n) is 5.57. The molecule has 0 bridgehead atoms. The topological polar surface area (TPSA) is 12.9 Å². The first-order chi connectivity index (χ1) is 6.54. The highest BCUT2D eigenvalue weighted by Gasteiger charge is 2.51. The molecular weight excluding hydrogens is 170 g/mol. The Kier molecular flexibility index (Phi) is 2.13. The third kappa shape index (κ3) is 1.68. The summed E-state index contributed by atoms with van der Waals surface area (Å²) in [4.78, 5) is 4.18. The number of aromatic nitrogens is 1. The van der Waals surface area contributed by atoms with Crippen molar-refractivity contribution in [3.8, 4) is 0 Å². The van der Waals surface area contributed by atoms with Crippen LogP contribution in [0.1, 0.15) is 39.2 Å². The average molecular weight is 189 g/mol. The molecule has 1 fully saturated rings. The lowest BCUT2D eigenvalue weighted by Crippen LogP contribution is -2.24. The van der Waals surface area contributed by atoms with Crippen molar-refractivity contribution < 1.29 is 0 Å². The van der Waals surface area contributed by atoms with Crippen LogP contribution in [0.5, 0.6) is 0 Å². The fourth-order valence-electron chi connectivity index (χ4n) is 2.24. The standard InChI is InChI=1S/C13H19N/c1-12(2,3)13(6-7-13)9-11-5-4-8-14-10-11/h4-5,8,10H,6-7,9H2,1-3H3. The van der Waals surface area contributed by atoms with Crippen molar-refractivity contribution in [2.45, 2.75) is 40.0 Å². The van der Waals surface area contributed by atoms with Gasteiger partial charge in [-0.3, -0.25) is 4.98 Å². The molecule has 0 radical (unpaired) electrons. The van der Waals surface area contributed by atoms with Crippen molar-refractivity contribution in [1.29, 1.82) is 0 Å². The maximum atomic E-state index is 4.18. The summed E-state index contributed by atoms with van der Waals surface area (Å²) in [6.45, 7) is 7.07. The molecule has 1 aliphatic carbocycles. The highest BCUT2D eigenvalue weighted by molar-refractivity contribution is 5.16. The first-order valence-corrected chi connectivity index (χ1v) is 5.42. The van der Waals surface area contributed by atoms with E-state index in [1.165, 1.54) is 24.8 Å². The van der Waals surface area contributed by atoms with Gasteiger partial charge in [0, 0.05) is 12.4 Å². The number of hydrogen-bond donors (Lipinski definition) is 0. The van der Waals surface area contributed by atoms with Crippen LogP contribution < -0.4 is 0 Å². The van der Waals surface area contributed by atoms with Gasteiger partial charge in [-0.05, 0) is 41.7 Å². The maximum Gasteiger partial charge on any atom is 0.0300 e. The van der Waals surface area contributed by atoms with Crippen molar-refractivity contribution in [2.24, 2.45) is 10.8 Å². The Balaban J connectivity index is 2.13. The molecule has 1 aliphatic rings. The molecule has 0 spiro atoms. The average Bonchev–Trinajstić information content (AvgIpc) is 2.86. The summed E-state index contributed by atoms with van der Waals surface area (Å²) in [6, 6.07) is 4.23. The van der Waals surface area contributed by atoms with Gasteiger partial charge >= 0.3 is 0 Å². The first kappa shape index (κ1) is 9.70. The predicted octanol–water partition coefficient (Wildman–Crippen LogP) is 3.45. The lowest BCUT2D eigenvalue weighted by molar-refractivity contribution is 0.212. The molecule has 1 nitrogen and oxygen atoms in total. The second-order valence-corrected chi connectivity index (χ2v) is 5.57. The quantitative estimate of drug-likeness (QED) is 0.694. The Morgan fingerprint density at radius 2 is 2.07 bits per heavy atom. The van der Waals surface area contributed by atoms with Gasteiger partial charge in [-0.2, -0.15) is 0 Å². The molecule has 0 N–H and O–H groups in total. The van der Waals surface area contributed by atoms with E-state index in [0.29, 0.717) is 10.8 Å². The largest absolute Gasteiger partial charge is 0.264 e. The molecule has 0 amide bonds. The van der Waals surface area contributed by atoms with Crippen molar-refractivity contribution in [2.75, 3.05) is 0 Å². The van der Waals surface area contributed by atoms with Crippen molar-refractivity contribution in [3.63, 3.8) is 0 Å². The minimum atomic E-state index is 0.433. The lowest BCUT2D eigenvalue weighted by atomic mass is 9.74. The number of hydrogen-bond acceptors (Lipinski definition) is 1. The fraction of sp³-hybridized carbons (Fsp3) is 0.615. The van der Waals surface area contributed by atoms with Crippen LogP contribution in [0.4, 0.5) is 0 Å². The van der Waals surface area contributed by atoms with Gasteiger partial charge in [0.2, 0.25) is 0 Å². The zero-order valence-electron chi connectivity index (χ0n) is 9.38. The number of pyridine rings is 1. The van der Waals surface area contributed by atoms with E-state index < -0.39 is 0 Å². The van der Waals surface area contributed by atoms with Gasteiger partial charge in [-0.25, -0.2) is 0 Å². The van der Waals surface area contributed by atoms with Crippen LogP contribution in [-0.4, -0.2) is 4.98 Å². The third-order valence-corrected chi connectivity index (χ3v) is 3.71. The Bertz CT molecular complexity index is 304. The maximum absolute atomic E-state index is 4.18. The lowest BCUT2D eigenvalue weighted by Gasteiger charge is -2.31. The van der Waals surface area contributed by atoms with E-state index in [-0.39, 0.29) is 0 Å². The monoisotopic (exact) mass is 189 g/mol. The third-order valence-electron chi connectivity index (χ3n) is 3.71. The summed E-state index contributed by atoms with van der Waals surface area (Å²) in [7, 11) is 0. The summed E-state index contributed by atoms with van der Waals surface area (Å²) in [6.07, 6.45) is 7.81. The molecule has 1 saturated carbocycles. The van der Waals surface area contributed by atoms with E-state index in [9.17, 15) is 0 Å². The van der Waals surface area contributed by atoms with Gasteiger partial charge in [-0.15, -0.1) is 0 Å². The molecule has 0 aromatic carbocycles. The normalized spacial score (nSPS) is 19.4. The molecule has 14 heavy (non-hydrogen) atoms. The van der Waals surface area contributed by atoms with Crippen LogP contribution in [-0.2, 0) is 6.42 Å². The summed E-state index contributed by atoms with van der Waals surface area (Å²) >= 11 is 0. The van der Waals surface area contributed by atoms with E-state index in [1.54, 1.807) is 0 Å². The van der Waals surface area contributed by atoms with Crippen LogP contribution in [0.15, 0.2) is 24.5 Å². The van der Waals surface area contributed by atoms with Gasteiger partial charge in [0.25, 0.3) is 0 Å². The van der Waals surface area contributed by atoms with Crippen molar-refractivity contribution >= 4 is 0 Å². The number of nitrogens with zero attached hydrogens (tertiary/aromatic N) is 1. The van der Waals surface area contributed by atoms with E-state index in [1.807, 2.05) is 18.5 Å². The Morgan fingerprint density at radius 3 is 2.50 bits per heavy atom. The van der Waals surface area contributed by atoms with E-state index in [0.717, 1.165) is 0 Å². The zero-order chi connectivity index (χ0) is 10.2. The zero-order valence-corrected chi connectivity index (χ0v) is 9.38. The van der Waals surface area contributed by atoms with Crippen LogP contribution in [0.3, 0.4) is 0 Å². The van der Waals surface area contributed by atoms with Crippen LogP contribution in [0, 0.1) is 10.8 Å². The molecule has 76 valence electrons. The van der Waals surface area contributed by atoms with Gasteiger partial charge in [-0.1, -0.05) is 26.8 Å². The molecule has 0 atom stereocenters. The van der Waals surface area contributed by atoms with Gasteiger partial charge < -0.3 is 0 Å². The molecular formula is C13H19N. The molecule has 2 rings (SSSR count). The SMILES string of the molecule is CC(C)(C)C1(Cc2cccnc2)CC1. The van der Waals surface area contributed by atoms with Crippen molar-refractivity contribution in [3.05, 3.63) is 30.1 Å². The molecule has 1 aromatic rings. The fourth-order valence-corrected chi connectivity index (χ4v) is 2.24. The van der Waals surface area contributed by atoms with Crippen molar-refractivity contribution in [1.82, 2.24) is 4.98 Å². The van der Waals surface area contributed by atoms with Crippen LogP contribution in [0.2, 0.25) is 0 Å². The van der Waals surface area contributed by atoms with Gasteiger partial charge in [0.15, 0.2) is 0 Å².